The van der Waals surface area contributed by atoms with Crippen molar-refractivity contribution >= 4 is 38.5 Å². The van der Waals surface area contributed by atoms with Crippen LogP contribution in [0.3, 0.4) is 0 Å². The number of imidazole rings is 1. The van der Waals surface area contributed by atoms with Crippen molar-refractivity contribution in [2.24, 2.45) is 0 Å². The van der Waals surface area contributed by atoms with E-state index in [-0.39, 0.29) is 20.1 Å². The number of rotatable bonds is 0. The van der Waals surface area contributed by atoms with Gasteiger partial charge in [0.05, 0.1) is 16.7 Å². The predicted octanol–water partition coefficient (Wildman–Crippen LogP) is 3.99. The third-order valence-electron chi connectivity index (χ3n) is 3.93. The number of aromatic nitrogens is 3. The summed E-state index contributed by atoms with van der Waals surface area (Å²) in [5.74, 6) is 0. The smallest absolute Gasteiger partial charge is 0.0774 e. The number of hydrogen-bond donors (Lipinski definition) is 0. The van der Waals surface area contributed by atoms with E-state index in [0.29, 0.717) is 0 Å². The van der Waals surface area contributed by atoms with Crippen LogP contribution in [0.15, 0.2) is 60.8 Å². The summed E-state index contributed by atoms with van der Waals surface area (Å²) in [6, 6.07) is 21.7. The Balaban J connectivity index is 0.00000125. The van der Waals surface area contributed by atoms with Gasteiger partial charge in [0, 0.05) is 25.6 Å². The molecular formula is C18H10IrN3-. The van der Waals surface area contributed by atoms with Crippen LogP contribution in [0.2, 0.25) is 0 Å². The summed E-state index contributed by atoms with van der Waals surface area (Å²) in [7, 11) is 0. The van der Waals surface area contributed by atoms with Crippen LogP contribution in [0, 0.1) is 6.07 Å². The zero-order chi connectivity index (χ0) is 13.8. The van der Waals surface area contributed by atoms with Crippen LogP contribution < -0.4 is 0 Å². The van der Waals surface area contributed by atoms with Crippen molar-refractivity contribution < 1.29 is 20.1 Å². The van der Waals surface area contributed by atoms with Crippen molar-refractivity contribution in [1.29, 1.82) is 0 Å². The molecule has 0 bridgehead atoms. The van der Waals surface area contributed by atoms with Crippen molar-refractivity contribution in [1.82, 2.24) is 14.4 Å². The molecule has 0 atom stereocenters. The van der Waals surface area contributed by atoms with Crippen LogP contribution in [0.5, 0.6) is 0 Å². The van der Waals surface area contributed by atoms with E-state index in [1.807, 2.05) is 30.3 Å². The first-order valence-corrected chi connectivity index (χ1v) is 6.88. The minimum absolute atomic E-state index is 0. The molecule has 0 spiro atoms. The van der Waals surface area contributed by atoms with E-state index < -0.39 is 0 Å². The van der Waals surface area contributed by atoms with E-state index in [1.165, 1.54) is 0 Å². The van der Waals surface area contributed by atoms with Crippen LogP contribution in [-0.2, 0) is 20.1 Å². The molecule has 3 heterocycles. The molecule has 0 aliphatic carbocycles. The molecule has 0 N–H and O–H groups in total. The summed E-state index contributed by atoms with van der Waals surface area (Å²) in [6.07, 6.45) is 1.79. The van der Waals surface area contributed by atoms with Gasteiger partial charge in [-0.2, -0.15) is 0 Å². The van der Waals surface area contributed by atoms with Gasteiger partial charge in [-0.05, 0) is 29.1 Å². The van der Waals surface area contributed by atoms with Gasteiger partial charge in [-0.15, -0.1) is 12.1 Å². The first-order valence-electron chi connectivity index (χ1n) is 6.88. The minimum atomic E-state index is 0. The van der Waals surface area contributed by atoms with Crippen LogP contribution in [0.1, 0.15) is 0 Å². The predicted molar refractivity (Wildman–Crippen MR) is 84.3 cm³/mol. The van der Waals surface area contributed by atoms with E-state index in [2.05, 4.69) is 39.7 Å². The molecule has 0 saturated carbocycles. The molecule has 5 aromatic rings. The Labute approximate surface area is 140 Å². The molecule has 2 aromatic carbocycles. The average Bonchev–Trinajstić information content (AvgIpc) is 2.95. The van der Waals surface area contributed by atoms with E-state index in [9.17, 15) is 0 Å². The van der Waals surface area contributed by atoms with E-state index in [4.69, 9.17) is 4.98 Å². The normalized spacial score (nSPS) is 11.3. The standard InChI is InChI=1S/C18H10N3.Ir/c1-3-9-15-12(6-1)17-13(7-5-11-19-17)18-20-14-8-2-4-10-16(14)21(15)18;/h1-6,8-11H;/q-1;. The summed E-state index contributed by atoms with van der Waals surface area (Å²) in [5.41, 5.74) is 5.10. The Morgan fingerprint density at radius 1 is 0.909 bits per heavy atom. The minimum Gasteiger partial charge on any atom is -0.351 e. The molecule has 0 unspecified atom stereocenters. The van der Waals surface area contributed by atoms with Crippen molar-refractivity contribution in [2.75, 3.05) is 0 Å². The van der Waals surface area contributed by atoms with E-state index >= 15 is 0 Å². The molecule has 4 heteroatoms. The van der Waals surface area contributed by atoms with Gasteiger partial charge >= 0.3 is 0 Å². The van der Waals surface area contributed by atoms with Gasteiger partial charge in [-0.3, -0.25) is 4.98 Å². The zero-order valence-electron chi connectivity index (χ0n) is 11.4. The Kier molecular flexibility index (Phi) is 2.96. The maximum Gasteiger partial charge on any atom is 0.0774 e. The van der Waals surface area contributed by atoms with Crippen LogP contribution >= 0.6 is 0 Å². The largest absolute Gasteiger partial charge is 0.351 e. The molecule has 0 amide bonds. The van der Waals surface area contributed by atoms with Crippen molar-refractivity contribution in [3.05, 3.63) is 66.9 Å². The van der Waals surface area contributed by atoms with E-state index in [1.54, 1.807) is 6.20 Å². The Morgan fingerprint density at radius 3 is 2.59 bits per heavy atom. The van der Waals surface area contributed by atoms with Gasteiger partial charge in [0.2, 0.25) is 0 Å². The summed E-state index contributed by atoms with van der Waals surface area (Å²) >= 11 is 0. The molecule has 5 rings (SSSR count). The number of fused-ring (bicyclic) bond motifs is 8. The topological polar surface area (TPSA) is 30.2 Å². The maximum atomic E-state index is 4.79. The maximum absolute atomic E-state index is 4.79. The van der Waals surface area contributed by atoms with Gasteiger partial charge in [0.15, 0.2) is 0 Å². The summed E-state index contributed by atoms with van der Waals surface area (Å²) in [6.45, 7) is 0. The van der Waals surface area contributed by atoms with Crippen molar-refractivity contribution in [2.45, 2.75) is 0 Å². The second-order valence-electron chi connectivity index (χ2n) is 5.09. The molecule has 0 saturated heterocycles. The summed E-state index contributed by atoms with van der Waals surface area (Å²) in [5, 5.41) is 2.09. The van der Waals surface area contributed by atoms with Crippen LogP contribution in [-0.4, -0.2) is 14.4 Å². The SMILES string of the molecule is [Ir].[c-]1ccnc2c1c1nc3ccccc3n1c1ccccc21. The quantitative estimate of drug-likeness (QED) is 0.259. The van der Waals surface area contributed by atoms with Crippen molar-refractivity contribution in [3.8, 4) is 0 Å². The van der Waals surface area contributed by atoms with Gasteiger partial charge in [0.1, 0.15) is 0 Å². The Bertz CT molecular complexity index is 1140. The summed E-state index contributed by atoms with van der Waals surface area (Å²) < 4.78 is 2.20. The molecule has 0 fully saturated rings. The fraction of sp³-hybridized carbons (Fsp3) is 0. The molecule has 0 aliphatic heterocycles. The summed E-state index contributed by atoms with van der Waals surface area (Å²) in [4.78, 5) is 9.33. The fourth-order valence-electron chi connectivity index (χ4n) is 3.05. The first kappa shape index (κ1) is 13.4. The average molecular weight is 461 g/mol. The van der Waals surface area contributed by atoms with Gasteiger partial charge in [-0.25, -0.2) is 0 Å². The Morgan fingerprint density at radius 2 is 1.68 bits per heavy atom. The van der Waals surface area contributed by atoms with Gasteiger partial charge in [0.25, 0.3) is 0 Å². The molecule has 22 heavy (non-hydrogen) atoms. The van der Waals surface area contributed by atoms with Crippen LogP contribution in [0.4, 0.5) is 0 Å². The van der Waals surface area contributed by atoms with Gasteiger partial charge in [-0.1, -0.05) is 41.9 Å². The zero-order valence-corrected chi connectivity index (χ0v) is 13.8. The number of para-hydroxylation sites is 3. The fourth-order valence-corrected chi connectivity index (χ4v) is 3.05. The molecular weight excluding hydrogens is 450 g/mol. The second-order valence-corrected chi connectivity index (χ2v) is 5.09. The molecule has 0 aliphatic rings. The molecule has 3 nitrogen and oxygen atoms in total. The first-order chi connectivity index (χ1) is 10.4. The third-order valence-corrected chi connectivity index (χ3v) is 3.93. The molecule has 3 aromatic heterocycles. The van der Waals surface area contributed by atoms with Crippen LogP contribution in [0.25, 0.3) is 38.5 Å². The van der Waals surface area contributed by atoms with Gasteiger partial charge < -0.3 is 9.38 Å². The second kappa shape index (κ2) is 4.87. The number of hydrogen-bond acceptors (Lipinski definition) is 2. The Hall–Kier alpha value is -2.29. The number of pyridine rings is 2. The van der Waals surface area contributed by atoms with Crippen molar-refractivity contribution in [3.63, 3.8) is 0 Å². The van der Waals surface area contributed by atoms with E-state index in [0.717, 1.165) is 38.5 Å². The molecule has 1 radical (unpaired) electrons. The molecule has 107 valence electrons. The number of benzene rings is 2. The number of nitrogens with zero attached hydrogens (tertiary/aromatic N) is 3. The monoisotopic (exact) mass is 461 g/mol. The third kappa shape index (κ3) is 1.65.